The molecule has 0 spiro atoms. The van der Waals surface area contributed by atoms with Gasteiger partial charge >= 0.3 is 0 Å². The lowest BCUT2D eigenvalue weighted by atomic mass is 9.76. The maximum Gasteiger partial charge on any atom is 0.261 e. The van der Waals surface area contributed by atoms with Crippen molar-refractivity contribution in [1.29, 1.82) is 0 Å². The smallest absolute Gasteiger partial charge is 0.261 e. The molecule has 2 aromatic rings. The molecule has 1 unspecified atom stereocenters. The number of hydrogen-bond donors (Lipinski definition) is 1. The Morgan fingerprint density at radius 2 is 1.16 bits per heavy atom. The lowest BCUT2D eigenvalue weighted by Gasteiger charge is -2.43. The van der Waals surface area contributed by atoms with Crippen LogP contribution in [-0.2, 0) is 8.85 Å². The van der Waals surface area contributed by atoms with Crippen LogP contribution in [0, 0.1) is 5.41 Å². The zero-order chi connectivity index (χ0) is 28.5. The second kappa shape index (κ2) is 13.7. The first-order valence-corrected chi connectivity index (χ1v) is 19.2. The molecule has 0 fully saturated rings. The van der Waals surface area contributed by atoms with Gasteiger partial charge in [0.1, 0.15) is 0 Å². The van der Waals surface area contributed by atoms with Crippen LogP contribution >= 0.6 is 0 Å². The molecule has 0 saturated heterocycles. The molecule has 1 N–H and O–H groups in total. The lowest BCUT2D eigenvalue weighted by Crippen LogP contribution is -2.66. The Bertz CT molecular complexity index is 922. The van der Waals surface area contributed by atoms with Crippen molar-refractivity contribution in [3.8, 4) is 0 Å². The highest BCUT2D eigenvalue weighted by molar-refractivity contribution is 6.99. The first kappa shape index (κ1) is 32.7. The molecule has 0 aromatic heterocycles. The molecule has 2 aromatic carbocycles. The van der Waals surface area contributed by atoms with Gasteiger partial charge in [0.15, 0.2) is 8.32 Å². The van der Waals surface area contributed by atoms with Crippen LogP contribution in [0.25, 0.3) is 0 Å². The van der Waals surface area contributed by atoms with Crippen molar-refractivity contribution in [1.82, 2.24) is 0 Å². The van der Waals surface area contributed by atoms with Crippen LogP contribution in [0.1, 0.15) is 73.6 Å². The summed E-state index contributed by atoms with van der Waals surface area (Å²) in [6.45, 7) is 24.3. The Hall–Kier alpha value is -1.51. The van der Waals surface area contributed by atoms with E-state index in [0.29, 0.717) is 6.61 Å². The van der Waals surface area contributed by atoms with Crippen LogP contribution in [0.3, 0.4) is 0 Å². The molecular weight excluding hydrogens is 501 g/mol. The highest BCUT2D eigenvalue weighted by Gasteiger charge is 2.50. The van der Waals surface area contributed by atoms with Crippen molar-refractivity contribution in [2.75, 3.05) is 19.8 Å². The van der Waals surface area contributed by atoms with Crippen LogP contribution in [0.2, 0.25) is 23.2 Å². The average molecular weight is 555 g/mol. The molecule has 0 heterocycles. The molecule has 2 rings (SSSR count). The highest BCUT2D eigenvalue weighted by atomic mass is 28.4. The number of aliphatic hydroxyl groups excluding tert-OH is 1. The molecule has 0 aliphatic carbocycles. The van der Waals surface area contributed by atoms with Gasteiger partial charge in [-0.2, -0.15) is 0 Å². The van der Waals surface area contributed by atoms with Crippen molar-refractivity contribution in [2.45, 2.75) is 96.8 Å². The van der Waals surface area contributed by atoms with Crippen molar-refractivity contribution in [2.24, 2.45) is 5.41 Å². The minimum absolute atomic E-state index is 0.0303. The monoisotopic (exact) mass is 554 g/mol. The summed E-state index contributed by atoms with van der Waals surface area (Å²) < 4.78 is 13.6. The van der Waals surface area contributed by atoms with Gasteiger partial charge in [0, 0.05) is 19.8 Å². The van der Waals surface area contributed by atoms with Gasteiger partial charge in [0.2, 0.25) is 0 Å². The maximum atomic E-state index is 9.92. The molecule has 1 atom stereocenters. The maximum absolute atomic E-state index is 9.92. The van der Waals surface area contributed by atoms with Gasteiger partial charge in [-0.25, -0.2) is 0 Å². The highest BCUT2D eigenvalue weighted by Crippen LogP contribution is 2.40. The fraction of sp³-hybridized carbons (Fsp3) is 0.576. The van der Waals surface area contributed by atoms with E-state index in [1.807, 2.05) is 0 Å². The zero-order valence-corrected chi connectivity index (χ0v) is 27.5. The lowest BCUT2D eigenvalue weighted by molar-refractivity contribution is 0.171. The second-order valence-electron chi connectivity index (χ2n) is 13.4. The number of aliphatic hydroxyl groups is 1. The van der Waals surface area contributed by atoms with Crippen molar-refractivity contribution >= 4 is 27.0 Å². The summed E-state index contributed by atoms with van der Waals surface area (Å²) in [5.74, 6) is 0. The average Bonchev–Trinajstić information content (AvgIpc) is 2.86. The third-order valence-electron chi connectivity index (χ3n) is 8.69. The van der Waals surface area contributed by atoms with Crippen molar-refractivity contribution in [3.05, 3.63) is 73.3 Å². The molecule has 3 nitrogen and oxygen atoms in total. The fourth-order valence-corrected chi connectivity index (χ4v) is 11.0. The standard InChI is InChI=1S/C33H54O3Si2/c1-10-33(25-26-34,23-17-27-35-37(8,9)31(2,3)4)24-18-28-36-38(32(5,6)7,29-19-13-11-14-20-29)30-21-15-12-16-22-30/h10-16,19-22,34H,1,17-18,23-28H2,2-9H3. The Labute approximate surface area is 235 Å². The number of rotatable bonds is 15. The molecule has 212 valence electrons. The largest absolute Gasteiger partial charge is 0.417 e. The third-order valence-corrected chi connectivity index (χ3v) is 18.3. The van der Waals surface area contributed by atoms with E-state index in [9.17, 15) is 5.11 Å². The van der Waals surface area contributed by atoms with Gasteiger partial charge in [0.25, 0.3) is 8.32 Å². The topological polar surface area (TPSA) is 38.7 Å². The molecule has 0 amide bonds. The van der Waals surface area contributed by atoms with E-state index in [1.54, 1.807) is 0 Å². The number of allylic oxidation sites excluding steroid dienone is 1. The summed E-state index contributed by atoms with van der Waals surface area (Å²) in [6, 6.07) is 21.7. The van der Waals surface area contributed by atoms with Crippen LogP contribution in [0.15, 0.2) is 73.3 Å². The normalized spacial score (nSPS) is 14.8. The van der Waals surface area contributed by atoms with Gasteiger partial charge in [0.05, 0.1) is 0 Å². The minimum Gasteiger partial charge on any atom is -0.417 e. The molecule has 0 radical (unpaired) electrons. The SMILES string of the molecule is C=CC(CCO)(CCCO[Si](C)(C)C(C)(C)C)CCCO[Si](c1ccccc1)(c1ccccc1)C(C)(C)C. The summed E-state index contributed by atoms with van der Waals surface area (Å²) in [4.78, 5) is 0. The Balaban J connectivity index is 2.16. The zero-order valence-electron chi connectivity index (χ0n) is 25.5. The van der Waals surface area contributed by atoms with E-state index in [1.165, 1.54) is 10.4 Å². The van der Waals surface area contributed by atoms with Gasteiger partial charge in [-0.1, -0.05) is 108 Å². The summed E-state index contributed by atoms with van der Waals surface area (Å²) in [6.07, 6.45) is 6.65. The predicted molar refractivity (Wildman–Crippen MR) is 170 cm³/mol. The second-order valence-corrected chi connectivity index (χ2v) is 22.5. The molecule has 38 heavy (non-hydrogen) atoms. The Morgan fingerprint density at radius 3 is 1.53 bits per heavy atom. The summed E-state index contributed by atoms with van der Waals surface area (Å²) in [7, 11) is -4.29. The van der Waals surface area contributed by atoms with Gasteiger partial charge < -0.3 is 14.0 Å². The van der Waals surface area contributed by atoms with Gasteiger partial charge in [-0.15, -0.1) is 6.58 Å². The molecule has 0 saturated carbocycles. The van der Waals surface area contributed by atoms with Crippen LogP contribution in [0.5, 0.6) is 0 Å². The summed E-state index contributed by atoms with van der Waals surface area (Å²) in [5, 5.41) is 12.7. The van der Waals surface area contributed by atoms with Crippen LogP contribution < -0.4 is 10.4 Å². The van der Waals surface area contributed by atoms with Gasteiger partial charge in [-0.05, 0) is 71.1 Å². The van der Waals surface area contributed by atoms with Gasteiger partial charge in [-0.3, -0.25) is 0 Å². The molecule has 0 aliphatic rings. The quantitative estimate of drug-likeness (QED) is 0.139. The van der Waals surface area contributed by atoms with Crippen molar-refractivity contribution in [3.63, 3.8) is 0 Å². The Morgan fingerprint density at radius 1 is 0.711 bits per heavy atom. The van der Waals surface area contributed by atoms with E-state index < -0.39 is 16.6 Å². The Kier molecular flexibility index (Phi) is 11.8. The molecule has 0 bridgehead atoms. The van der Waals surface area contributed by atoms with E-state index in [0.717, 1.165) is 38.7 Å². The van der Waals surface area contributed by atoms with E-state index in [2.05, 4.69) is 128 Å². The fourth-order valence-electron chi connectivity index (χ4n) is 5.28. The molecule has 0 aliphatic heterocycles. The first-order chi connectivity index (χ1) is 17.7. The van der Waals surface area contributed by atoms with Crippen LogP contribution in [0.4, 0.5) is 0 Å². The third kappa shape index (κ3) is 8.01. The van der Waals surface area contributed by atoms with E-state index in [-0.39, 0.29) is 22.1 Å². The summed E-state index contributed by atoms with van der Waals surface area (Å²) in [5.41, 5.74) is -0.0969. The minimum atomic E-state index is -2.54. The van der Waals surface area contributed by atoms with E-state index in [4.69, 9.17) is 8.85 Å². The number of hydrogen-bond acceptors (Lipinski definition) is 3. The first-order valence-electron chi connectivity index (χ1n) is 14.4. The number of benzene rings is 2. The van der Waals surface area contributed by atoms with E-state index >= 15 is 0 Å². The predicted octanol–water partition coefficient (Wildman–Crippen LogP) is 7.70. The molecule has 5 heteroatoms. The van der Waals surface area contributed by atoms with Crippen molar-refractivity contribution < 1.29 is 14.0 Å². The molecular formula is C33H54O3Si2. The van der Waals surface area contributed by atoms with Crippen LogP contribution in [-0.4, -0.2) is 41.6 Å². The summed E-state index contributed by atoms with van der Waals surface area (Å²) >= 11 is 0.